The summed E-state index contributed by atoms with van der Waals surface area (Å²) < 4.78 is 7.02. The van der Waals surface area contributed by atoms with Crippen LogP contribution in [0.1, 0.15) is 20.9 Å². The Bertz CT molecular complexity index is 899. The van der Waals surface area contributed by atoms with Crippen LogP contribution >= 0.6 is 7.92 Å². The maximum Gasteiger partial charge on any atom is 0.0840 e. The van der Waals surface area contributed by atoms with E-state index in [1.165, 1.54) is 15.9 Å². The molecule has 2 nitrogen and oxygen atoms in total. The van der Waals surface area contributed by atoms with Crippen molar-refractivity contribution in [3.05, 3.63) is 121 Å². The predicted molar refractivity (Wildman–Crippen MR) is 129 cm³/mol. The van der Waals surface area contributed by atoms with Crippen molar-refractivity contribution in [2.45, 2.75) is 13.8 Å². The fraction of sp³-hybridized carbons (Fsp3) is 0.0769. The van der Waals surface area contributed by atoms with Gasteiger partial charge in [0.1, 0.15) is 0 Å². The molecule has 146 valence electrons. The Morgan fingerprint density at radius 2 is 1.03 bits per heavy atom. The van der Waals surface area contributed by atoms with Crippen LogP contribution in [0.15, 0.2) is 115 Å². The molecule has 0 unspecified atom stereocenters. The van der Waals surface area contributed by atoms with Crippen LogP contribution in [0.25, 0.3) is 0 Å². The van der Waals surface area contributed by atoms with Crippen LogP contribution < -0.4 is 15.9 Å². The van der Waals surface area contributed by atoms with Gasteiger partial charge in [-0.05, 0) is 36.0 Å². The van der Waals surface area contributed by atoms with E-state index in [1.807, 2.05) is 13.8 Å². The second-order valence-electron chi connectivity index (χ2n) is 5.68. The first-order valence-corrected chi connectivity index (χ1v) is 11.0. The molecule has 0 fully saturated rings. The lowest BCUT2D eigenvalue weighted by Crippen LogP contribution is -2.20. The van der Waals surface area contributed by atoms with E-state index in [0.717, 1.165) is 6.21 Å². The average molecular weight is 400 g/mol. The highest BCUT2D eigenvalue weighted by Gasteiger charge is 2.14. The summed E-state index contributed by atoms with van der Waals surface area (Å²) in [5.74, 6) is 0. The van der Waals surface area contributed by atoms with E-state index in [-0.39, 0.29) is 6.17 Å². The quantitative estimate of drug-likeness (QED) is 0.354. The van der Waals surface area contributed by atoms with Crippen LogP contribution in [-0.4, -0.2) is 11.2 Å². The van der Waals surface area contributed by atoms with Gasteiger partial charge in [-0.2, -0.15) is 0 Å². The largest absolute Gasteiger partial charge is 0.307 e. The lowest BCUT2D eigenvalue weighted by molar-refractivity contribution is 1.29. The minimum absolute atomic E-state index is 0.205. The first-order valence-electron chi connectivity index (χ1n) is 10.2. The van der Waals surface area contributed by atoms with Gasteiger partial charge in [-0.25, -0.2) is 0 Å². The van der Waals surface area contributed by atoms with Gasteiger partial charge in [0.05, 0.1) is 7.06 Å². The van der Waals surface area contributed by atoms with Gasteiger partial charge in [0, 0.05) is 12.4 Å². The maximum atomic E-state index is 7.02. The summed E-state index contributed by atoms with van der Waals surface area (Å²) in [5.41, 5.74) is 0.530. The second kappa shape index (κ2) is 13.1. The molecule has 0 aliphatic carbocycles. The average Bonchev–Trinajstić information content (AvgIpc) is 2.83. The van der Waals surface area contributed by atoms with Crippen LogP contribution in [0.2, 0.25) is 0 Å². The van der Waals surface area contributed by atoms with Gasteiger partial charge in [0.25, 0.3) is 0 Å². The molecule has 0 saturated heterocycles. The van der Waals surface area contributed by atoms with Crippen molar-refractivity contribution in [2.24, 2.45) is 0 Å². The molecule has 0 aliphatic heterocycles. The molecular formula is C26H27N2P. The molecule has 0 atom stereocenters. The summed E-state index contributed by atoms with van der Waals surface area (Å²) in [6, 6.07) is 37.3. The van der Waals surface area contributed by atoms with Crippen molar-refractivity contribution in [1.82, 2.24) is 4.98 Å². The number of rotatable bonds is 4. The summed E-state index contributed by atoms with van der Waals surface area (Å²) in [4.78, 5) is 3.72. The van der Waals surface area contributed by atoms with Crippen LogP contribution in [0.4, 0.5) is 0 Å². The van der Waals surface area contributed by atoms with Gasteiger partial charge in [-0.3, -0.25) is 4.98 Å². The van der Waals surface area contributed by atoms with Gasteiger partial charge in [-0.15, -0.1) is 0 Å². The Morgan fingerprint density at radius 3 is 1.34 bits per heavy atom. The first-order chi connectivity index (χ1) is 14.8. The van der Waals surface area contributed by atoms with E-state index in [9.17, 15) is 0 Å². The zero-order valence-corrected chi connectivity index (χ0v) is 17.8. The molecule has 1 aromatic heterocycles. The number of hydrogen-bond donors (Lipinski definition) is 1. The van der Waals surface area contributed by atoms with Crippen molar-refractivity contribution in [1.29, 1.82) is 5.41 Å². The zero-order chi connectivity index (χ0) is 21.6. The molecule has 3 heteroatoms. The summed E-state index contributed by atoms with van der Waals surface area (Å²) >= 11 is 0. The van der Waals surface area contributed by atoms with Crippen molar-refractivity contribution in [3.8, 4) is 0 Å². The molecule has 0 amide bonds. The number of pyridine rings is 1. The zero-order valence-electron chi connectivity index (χ0n) is 17.9. The molecule has 0 spiro atoms. The minimum atomic E-state index is -0.446. The lowest BCUT2D eigenvalue weighted by Gasteiger charge is -2.18. The van der Waals surface area contributed by atoms with Crippen molar-refractivity contribution < 1.29 is 1.37 Å². The highest BCUT2D eigenvalue weighted by molar-refractivity contribution is 7.79. The Balaban J connectivity index is 0.000000245. The number of benzene rings is 3. The van der Waals surface area contributed by atoms with Gasteiger partial charge in [0.15, 0.2) is 0 Å². The number of aromatic nitrogens is 1. The van der Waals surface area contributed by atoms with Gasteiger partial charge >= 0.3 is 0 Å². The van der Waals surface area contributed by atoms with E-state index in [1.54, 1.807) is 18.2 Å². The molecule has 0 aliphatic rings. The maximum absolute atomic E-state index is 7.02. The van der Waals surface area contributed by atoms with Crippen LogP contribution in [0.3, 0.4) is 0 Å². The van der Waals surface area contributed by atoms with Gasteiger partial charge in [-0.1, -0.05) is 111 Å². The summed E-state index contributed by atoms with van der Waals surface area (Å²) in [6.45, 7) is 4.00. The Hall–Kier alpha value is -3.09. The van der Waals surface area contributed by atoms with E-state index >= 15 is 0 Å². The standard InChI is InChI=1S/C18H15P.C6H6N2.C2H6/c1-4-10-16(11-5-1)19(17-12-6-2-7-13-17)18-14-8-3-9-15-18;7-5-6-3-1-2-4-8-6;1-2/h1-15H;1-5,7H;1-2H3/i;4T;. The molecule has 0 radical (unpaired) electrons. The van der Waals surface area contributed by atoms with E-state index in [4.69, 9.17) is 6.78 Å². The Labute approximate surface area is 177 Å². The fourth-order valence-electron chi connectivity index (χ4n) is 2.60. The summed E-state index contributed by atoms with van der Waals surface area (Å²) in [6.07, 6.45) is 1.33. The molecule has 1 heterocycles. The van der Waals surface area contributed by atoms with Crippen molar-refractivity contribution >= 4 is 30.0 Å². The molecular weight excluding hydrogens is 371 g/mol. The van der Waals surface area contributed by atoms with Gasteiger partial charge in [0.2, 0.25) is 0 Å². The number of hydrogen-bond acceptors (Lipinski definition) is 2. The van der Waals surface area contributed by atoms with Crippen LogP contribution in [0, 0.1) is 5.41 Å². The highest BCUT2D eigenvalue weighted by atomic mass is 31.1. The van der Waals surface area contributed by atoms with Crippen LogP contribution in [-0.2, 0) is 0 Å². The van der Waals surface area contributed by atoms with E-state index in [0.29, 0.717) is 5.69 Å². The Morgan fingerprint density at radius 1 is 0.655 bits per heavy atom. The fourth-order valence-corrected chi connectivity index (χ4v) is 4.90. The third-order valence-electron chi connectivity index (χ3n) is 3.82. The third-order valence-corrected chi connectivity index (χ3v) is 6.27. The normalized spacial score (nSPS) is 9.97. The topological polar surface area (TPSA) is 36.7 Å². The van der Waals surface area contributed by atoms with Crippen LogP contribution in [0.5, 0.6) is 0 Å². The first kappa shape index (κ1) is 20.6. The monoisotopic (exact) mass is 400 g/mol. The lowest BCUT2D eigenvalue weighted by atomic mass is 10.4. The minimum Gasteiger partial charge on any atom is -0.307 e. The number of nitrogens with one attached hydrogen (secondary N) is 1. The predicted octanol–water partition coefficient (Wildman–Crippen LogP) is 5.55. The smallest absolute Gasteiger partial charge is 0.0840 e. The SMILES string of the molecule is CC.[3H]c1cccc(C=N)n1.c1ccc(P(c2ccccc2)c2ccccc2)cc1. The summed E-state index contributed by atoms with van der Waals surface area (Å²) in [5, 5.41) is 11.0. The third kappa shape index (κ3) is 7.10. The van der Waals surface area contributed by atoms with E-state index in [2.05, 4.69) is 96.0 Å². The molecule has 29 heavy (non-hydrogen) atoms. The highest BCUT2D eigenvalue weighted by Crippen LogP contribution is 2.32. The van der Waals surface area contributed by atoms with Crippen molar-refractivity contribution in [2.75, 3.05) is 0 Å². The molecule has 0 saturated carbocycles. The Kier molecular flexibility index (Phi) is 9.36. The van der Waals surface area contributed by atoms with Crippen molar-refractivity contribution in [3.63, 3.8) is 0 Å². The molecule has 1 N–H and O–H groups in total. The van der Waals surface area contributed by atoms with Gasteiger partial charge < -0.3 is 5.41 Å². The molecule has 0 bridgehead atoms. The molecule has 4 rings (SSSR count). The summed E-state index contributed by atoms with van der Waals surface area (Å²) in [7, 11) is -0.446. The molecule has 3 aromatic carbocycles. The van der Waals surface area contributed by atoms with E-state index < -0.39 is 7.92 Å². The number of nitrogens with zero attached hydrogens (tertiary/aromatic N) is 1. The second-order valence-corrected chi connectivity index (χ2v) is 7.90. The molecule has 4 aromatic rings.